The SMILES string of the molecule is CCCCCCCC(=O)N(CCCCC)CC(=O)O. The van der Waals surface area contributed by atoms with Crippen LogP contribution in [0.2, 0.25) is 0 Å². The third-order valence-corrected chi connectivity index (χ3v) is 3.20. The van der Waals surface area contributed by atoms with Gasteiger partial charge in [-0.05, 0) is 12.8 Å². The number of rotatable bonds is 12. The van der Waals surface area contributed by atoms with Crippen LogP contribution in [0.5, 0.6) is 0 Å². The molecule has 0 atom stereocenters. The van der Waals surface area contributed by atoms with Crippen LogP contribution in [-0.2, 0) is 9.59 Å². The van der Waals surface area contributed by atoms with Crippen molar-refractivity contribution in [3.8, 4) is 0 Å². The summed E-state index contributed by atoms with van der Waals surface area (Å²) >= 11 is 0. The Labute approximate surface area is 117 Å². The summed E-state index contributed by atoms with van der Waals surface area (Å²) in [6.45, 7) is 4.68. The minimum absolute atomic E-state index is 0.00463. The average Bonchev–Trinajstić information content (AvgIpc) is 2.37. The van der Waals surface area contributed by atoms with Gasteiger partial charge in [0.1, 0.15) is 6.54 Å². The highest BCUT2D eigenvalue weighted by atomic mass is 16.4. The molecule has 0 aromatic carbocycles. The number of amides is 1. The van der Waals surface area contributed by atoms with Gasteiger partial charge in [-0.2, -0.15) is 0 Å². The summed E-state index contributed by atoms with van der Waals surface area (Å²) in [5.41, 5.74) is 0. The van der Waals surface area contributed by atoms with Gasteiger partial charge in [0.05, 0.1) is 0 Å². The van der Waals surface area contributed by atoms with Crippen molar-refractivity contribution in [3.05, 3.63) is 0 Å². The number of unbranched alkanes of at least 4 members (excludes halogenated alkanes) is 6. The first-order chi connectivity index (χ1) is 9.11. The monoisotopic (exact) mass is 271 g/mol. The molecule has 0 bridgehead atoms. The maximum absolute atomic E-state index is 12.0. The maximum Gasteiger partial charge on any atom is 0.323 e. The lowest BCUT2D eigenvalue weighted by Gasteiger charge is -2.20. The Bertz CT molecular complexity index is 254. The molecule has 112 valence electrons. The minimum atomic E-state index is -0.921. The van der Waals surface area contributed by atoms with Crippen molar-refractivity contribution in [1.29, 1.82) is 0 Å². The molecule has 0 unspecified atom stereocenters. The summed E-state index contributed by atoms with van der Waals surface area (Å²) < 4.78 is 0. The molecule has 0 aliphatic heterocycles. The molecule has 0 saturated heterocycles. The topological polar surface area (TPSA) is 57.6 Å². The van der Waals surface area contributed by atoms with Crippen molar-refractivity contribution < 1.29 is 14.7 Å². The Morgan fingerprint density at radius 3 is 2.05 bits per heavy atom. The Kier molecular flexibility index (Phi) is 11.3. The van der Waals surface area contributed by atoms with Crippen molar-refractivity contribution in [3.63, 3.8) is 0 Å². The van der Waals surface area contributed by atoms with Crippen LogP contribution >= 0.6 is 0 Å². The molecule has 0 aromatic heterocycles. The Morgan fingerprint density at radius 1 is 0.895 bits per heavy atom. The molecule has 4 nitrogen and oxygen atoms in total. The summed E-state index contributed by atoms with van der Waals surface area (Å²) in [7, 11) is 0. The lowest BCUT2D eigenvalue weighted by molar-refractivity contribution is -0.144. The van der Waals surface area contributed by atoms with Crippen LogP contribution in [0, 0.1) is 0 Å². The summed E-state index contributed by atoms with van der Waals surface area (Å²) in [5, 5.41) is 8.84. The van der Waals surface area contributed by atoms with Crippen LogP contribution < -0.4 is 0 Å². The number of hydrogen-bond donors (Lipinski definition) is 1. The van der Waals surface area contributed by atoms with Crippen LogP contribution in [0.15, 0.2) is 0 Å². The molecule has 0 radical (unpaired) electrons. The van der Waals surface area contributed by atoms with Crippen molar-refractivity contribution in [2.24, 2.45) is 0 Å². The van der Waals surface area contributed by atoms with Crippen LogP contribution in [0.4, 0.5) is 0 Å². The number of carbonyl (C=O) groups excluding carboxylic acids is 1. The van der Waals surface area contributed by atoms with Gasteiger partial charge in [-0.15, -0.1) is 0 Å². The highest BCUT2D eigenvalue weighted by Crippen LogP contribution is 2.08. The molecule has 0 aliphatic carbocycles. The zero-order chi connectivity index (χ0) is 14.5. The molecule has 4 heteroatoms. The van der Waals surface area contributed by atoms with Gasteiger partial charge in [0, 0.05) is 13.0 Å². The highest BCUT2D eigenvalue weighted by molar-refractivity contribution is 5.81. The molecule has 0 aromatic rings. The van der Waals surface area contributed by atoms with Gasteiger partial charge in [-0.25, -0.2) is 0 Å². The lowest BCUT2D eigenvalue weighted by atomic mass is 10.1. The van der Waals surface area contributed by atoms with Crippen molar-refractivity contribution in [2.45, 2.75) is 71.6 Å². The first-order valence-corrected chi connectivity index (χ1v) is 7.61. The van der Waals surface area contributed by atoms with Crippen molar-refractivity contribution >= 4 is 11.9 Å². The van der Waals surface area contributed by atoms with Crippen LogP contribution in [-0.4, -0.2) is 35.0 Å². The standard InChI is InChI=1S/C15H29NO3/c1-3-5-7-8-9-11-14(17)16(13-15(18)19)12-10-6-4-2/h3-13H2,1-2H3,(H,18,19). The molecule has 0 saturated carbocycles. The van der Waals surface area contributed by atoms with Crippen LogP contribution in [0.25, 0.3) is 0 Å². The van der Waals surface area contributed by atoms with E-state index in [1.54, 1.807) is 0 Å². The number of carboxylic acids is 1. The molecular weight excluding hydrogens is 242 g/mol. The fourth-order valence-electron chi connectivity index (χ4n) is 2.05. The summed E-state index contributed by atoms with van der Waals surface area (Å²) in [6, 6.07) is 0. The largest absolute Gasteiger partial charge is 0.480 e. The normalized spacial score (nSPS) is 10.4. The van der Waals surface area contributed by atoms with E-state index in [0.29, 0.717) is 13.0 Å². The Morgan fingerprint density at radius 2 is 1.47 bits per heavy atom. The van der Waals surface area contributed by atoms with Gasteiger partial charge in [0.2, 0.25) is 5.91 Å². The molecule has 0 heterocycles. The molecule has 0 aliphatic rings. The van der Waals surface area contributed by atoms with Gasteiger partial charge in [0.25, 0.3) is 0 Å². The quantitative estimate of drug-likeness (QED) is 0.553. The van der Waals surface area contributed by atoms with Gasteiger partial charge in [-0.1, -0.05) is 52.4 Å². The zero-order valence-corrected chi connectivity index (χ0v) is 12.5. The summed E-state index contributed by atoms with van der Waals surface area (Å²) in [4.78, 5) is 24.2. The van der Waals surface area contributed by atoms with Gasteiger partial charge in [0.15, 0.2) is 0 Å². The second-order valence-electron chi connectivity index (χ2n) is 5.08. The molecule has 0 fully saturated rings. The molecule has 19 heavy (non-hydrogen) atoms. The second kappa shape index (κ2) is 12.0. The zero-order valence-electron chi connectivity index (χ0n) is 12.5. The number of aliphatic carboxylic acids is 1. The number of carboxylic acid groups (broad SMARTS) is 1. The molecule has 1 N–H and O–H groups in total. The minimum Gasteiger partial charge on any atom is -0.480 e. The molecular formula is C15H29NO3. The second-order valence-corrected chi connectivity index (χ2v) is 5.08. The van der Waals surface area contributed by atoms with E-state index in [9.17, 15) is 9.59 Å². The molecule has 0 spiro atoms. The average molecular weight is 271 g/mol. The number of nitrogens with zero attached hydrogens (tertiary/aromatic N) is 1. The van der Waals surface area contributed by atoms with E-state index >= 15 is 0 Å². The highest BCUT2D eigenvalue weighted by Gasteiger charge is 2.15. The number of hydrogen-bond acceptors (Lipinski definition) is 2. The van der Waals surface area contributed by atoms with Crippen molar-refractivity contribution in [2.75, 3.05) is 13.1 Å². The first kappa shape index (κ1) is 17.9. The first-order valence-electron chi connectivity index (χ1n) is 7.61. The van der Waals surface area contributed by atoms with E-state index in [-0.39, 0.29) is 12.5 Å². The molecule has 0 rings (SSSR count). The van der Waals surface area contributed by atoms with Crippen LogP contribution in [0.3, 0.4) is 0 Å². The molecule has 1 amide bonds. The van der Waals surface area contributed by atoms with Crippen LogP contribution in [0.1, 0.15) is 71.6 Å². The van der Waals surface area contributed by atoms with E-state index in [1.165, 1.54) is 24.2 Å². The fourth-order valence-corrected chi connectivity index (χ4v) is 2.05. The maximum atomic E-state index is 12.0. The third-order valence-electron chi connectivity index (χ3n) is 3.20. The van der Waals surface area contributed by atoms with E-state index in [4.69, 9.17) is 5.11 Å². The Balaban J connectivity index is 3.96. The third kappa shape index (κ3) is 10.5. The van der Waals surface area contributed by atoms with Crippen molar-refractivity contribution in [1.82, 2.24) is 4.90 Å². The Hall–Kier alpha value is -1.06. The van der Waals surface area contributed by atoms with E-state index < -0.39 is 5.97 Å². The van der Waals surface area contributed by atoms with Gasteiger partial charge in [-0.3, -0.25) is 9.59 Å². The summed E-state index contributed by atoms with van der Waals surface area (Å²) in [6.07, 6.45) is 9.01. The number of carbonyl (C=O) groups is 2. The van der Waals surface area contributed by atoms with Gasteiger partial charge >= 0.3 is 5.97 Å². The van der Waals surface area contributed by atoms with E-state index in [2.05, 4.69) is 13.8 Å². The lowest BCUT2D eigenvalue weighted by Crippen LogP contribution is -2.36. The predicted molar refractivity (Wildman–Crippen MR) is 77.1 cm³/mol. The summed E-state index contributed by atoms with van der Waals surface area (Å²) in [5.74, 6) is -0.925. The van der Waals surface area contributed by atoms with Gasteiger partial charge < -0.3 is 10.0 Å². The predicted octanol–water partition coefficient (Wildman–Crippen LogP) is 3.45. The van der Waals surface area contributed by atoms with E-state index in [0.717, 1.165) is 32.1 Å². The van der Waals surface area contributed by atoms with E-state index in [1.807, 2.05) is 0 Å². The fraction of sp³-hybridized carbons (Fsp3) is 0.867. The smallest absolute Gasteiger partial charge is 0.323 e.